The fourth-order valence-corrected chi connectivity index (χ4v) is 2.26. The first kappa shape index (κ1) is 12.4. The first-order chi connectivity index (χ1) is 7.24. The van der Waals surface area contributed by atoms with Crippen LogP contribution in [0.4, 0.5) is 5.69 Å². The summed E-state index contributed by atoms with van der Waals surface area (Å²) in [4.78, 5) is 1.28. The van der Waals surface area contributed by atoms with Gasteiger partial charge in [-0.15, -0.1) is 11.8 Å². The van der Waals surface area contributed by atoms with Gasteiger partial charge >= 0.3 is 0 Å². The molecule has 84 valence electrons. The number of hydrogen-bond acceptors (Lipinski definition) is 3. The summed E-state index contributed by atoms with van der Waals surface area (Å²) in [7, 11) is 0. The topological polar surface area (TPSA) is 35.2 Å². The van der Waals surface area contributed by atoms with Crippen molar-refractivity contribution < 1.29 is 4.74 Å². The molecule has 3 heteroatoms. The van der Waals surface area contributed by atoms with Crippen LogP contribution >= 0.6 is 11.8 Å². The molecule has 0 unspecified atom stereocenters. The van der Waals surface area contributed by atoms with Gasteiger partial charge in [-0.2, -0.15) is 0 Å². The van der Waals surface area contributed by atoms with E-state index in [0.717, 1.165) is 31.1 Å². The Labute approximate surface area is 96.2 Å². The molecule has 0 aliphatic carbocycles. The average Bonchev–Trinajstić information content (AvgIpc) is 2.23. The monoisotopic (exact) mass is 225 g/mol. The second-order valence-corrected chi connectivity index (χ2v) is 4.56. The molecule has 0 fully saturated rings. The van der Waals surface area contributed by atoms with E-state index in [4.69, 9.17) is 10.5 Å². The number of anilines is 1. The van der Waals surface area contributed by atoms with Crippen LogP contribution in [0.15, 0.2) is 23.1 Å². The number of ether oxygens (including phenoxy) is 1. The van der Waals surface area contributed by atoms with Crippen LogP contribution in [0.2, 0.25) is 0 Å². The lowest BCUT2D eigenvalue weighted by atomic mass is 10.2. The second-order valence-electron chi connectivity index (χ2n) is 3.42. The van der Waals surface area contributed by atoms with Crippen LogP contribution in [-0.2, 0) is 4.74 Å². The van der Waals surface area contributed by atoms with Crippen LogP contribution in [0, 0.1) is 6.92 Å². The average molecular weight is 225 g/mol. The van der Waals surface area contributed by atoms with Crippen LogP contribution in [0.1, 0.15) is 18.9 Å². The van der Waals surface area contributed by atoms with Crippen LogP contribution < -0.4 is 5.73 Å². The molecule has 0 aromatic heterocycles. The van der Waals surface area contributed by atoms with Gasteiger partial charge in [0, 0.05) is 29.5 Å². The fraction of sp³-hybridized carbons (Fsp3) is 0.500. The minimum absolute atomic E-state index is 0.808. The lowest BCUT2D eigenvalue weighted by molar-refractivity contribution is 0.149. The summed E-state index contributed by atoms with van der Waals surface area (Å²) < 4.78 is 5.29. The van der Waals surface area contributed by atoms with E-state index in [9.17, 15) is 0 Å². The van der Waals surface area contributed by atoms with Gasteiger partial charge in [-0.25, -0.2) is 0 Å². The Balaban J connectivity index is 2.33. The van der Waals surface area contributed by atoms with E-state index in [1.54, 1.807) is 0 Å². The zero-order valence-electron chi connectivity index (χ0n) is 9.45. The highest BCUT2D eigenvalue weighted by molar-refractivity contribution is 7.99. The fourth-order valence-electron chi connectivity index (χ4n) is 1.26. The Kier molecular flexibility index (Phi) is 5.58. The van der Waals surface area contributed by atoms with Gasteiger partial charge in [0.25, 0.3) is 0 Å². The van der Waals surface area contributed by atoms with E-state index in [0.29, 0.717) is 0 Å². The number of aryl methyl sites for hydroxylation is 1. The molecule has 0 radical (unpaired) electrons. The van der Waals surface area contributed by atoms with Gasteiger partial charge in [0.05, 0.1) is 0 Å². The van der Waals surface area contributed by atoms with Crippen molar-refractivity contribution in [3.63, 3.8) is 0 Å². The zero-order valence-corrected chi connectivity index (χ0v) is 10.3. The number of benzene rings is 1. The molecule has 0 spiro atoms. The van der Waals surface area contributed by atoms with E-state index in [1.165, 1.54) is 10.5 Å². The molecular weight excluding hydrogens is 206 g/mol. The molecule has 15 heavy (non-hydrogen) atoms. The predicted molar refractivity (Wildman–Crippen MR) is 67.4 cm³/mol. The summed E-state index contributed by atoms with van der Waals surface area (Å²) in [5, 5.41) is 0. The Bertz CT molecular complexity index is 302. The Hall–Kier alpha value is -0.670. The van der Waals surface area contributed by atoms with Gasteiger partial charge in [0.15, 0.2) is 0 Å². The first-order valence-electron chi connectivity index (χ1n) is 5.30. The number of thioether (sulfide) groups is 1. The van der Waals surface area contributed by atoms with Crippen LogP contribution in [0.3, 0.4) is 0 Å². The SMILES string of the molecule is CCOCCCSc1cc(N)ccc1C. The van der Waals surface area contributed by atoms with E-state index in [-0.39, 0.29) is 0 Å². The van der Waals surface area contributed by atoms with Crippen LogP contribution in [0.5, 0.6) is 0 Å². The summed E-state index contributed by atoms with van der Waals surface area (Å²) in [6, 6.07) is 6.06. The maximum Gasteiger partial charge on any atom is 0.0473 e. The molecule has 2 N–H and O–H groups in total. The molecule has 2 nitrogen and oxygen atoms in total. The molecule has 0 saturated heterocycles. The third-order valence-electron chi connectivity index (χ3n) is 2.11. The molecule has 0 saturated carbocycles. The molecule has 0 bridgehead atoms. The number of hydrogen-bond donors (Lipinski definition) is 1. The highest BCUT2D eigenvalue weighted by Crippen LogP contribution is 2.24. The Morgan fingerprint density at radius 3 is 2.93 bits per heavy atom. The summed E-state index contributed by atoms with van der Waals surface area (Å²) in [5.74, 6) is 1.09. The van der Waals surface area contributed by atoms with Crippen molar-refractivity contribution >= 4 is 17.4 Å². The maximum absolute atomic E-state index is 5.74. The van der Waals surface area contributed by atoms with Crippen molar-refractivity contribution in [1.29, 1.82) is 0 Å². The number of rotatable bonds is 6. The third-order valence-corrected chi connectivity index (χ3v) is 3.35. The van der Waals surface area contributed by atoms with E-state index >= 15 is 0 Å². The summed E-state index contributed by atoms with van der Waals surface area (Å²) >= 11 is 1.85. The molecule has 1 rings (SSSR count). The standard InChI is InChI=1S/C12H19NOS/c1-3-14-7-4-8-15-12-9-11(13)6-5-10(12)2/h5-6,9H,3-4,7-8,13H2,1-2H3. The zero-order chi connectivity index (χ0) is 11.1. The summed E-state index contributed by atoms with van der Waals surface area (Å²) in [6.07, 6.45) is 1.09. The smallest absolute Gasteiger partial charge is 0.0473 e. The minimum Gasteiger partial charge on any atom is -0.399 e. The molecule has 0 atom stereocenters. The third kappa shape index (κ3) is 4.58. The van der Waals surface area contributed by atoms with Crippen LogP contribution in [0.25, 0.3) is 0 Å². The molecule has 0 aliphatic rings. The van der Waals surface area contributed by atoms with Crippen molar-refractivity contribution in [2.24, 2.45) is 0 Å². The van der Waals surface area contributed by atoms with Crippen molar-refractivity contribution in [2.45, 2.75) is 25.2 Å². The number of nitrogen functional groups attached to an aromatic ring is 1. The first-order valence-corrected chi connectivity index (χ1v) is 6.29. The number of nitrogens with two attached hydrogens (primary N) is 1. The van der Waals surface area contributed by atoms with Crippen molar-refractivity contribution in [3.8, 4) is 0 Å². The lowest BCUT2D eigenvalue weighted by Crippen LogP contribution is -1.95. The maximum atomic E-state index is 5.74. The largest absolute Gasteiger partial charge is 0.399 e. The van der Waals surface area contributed by atoms with Crippen molar-refractivity contribution in [1.82, 2.24) is 0 Å². The van der Waals surface area contributed by atoms with E-state index in [1.807, 2.05) is 30.8 Å². The second kappa shape index (κ2) is 6.75. The van der Waals surface area contributed by atoms with Gasteiger partial charge in [0.1, 0.15) is 0 Å². The molecule has 1 aromatic carbocycles. The normalized spacial score (nSPS) is 10.5. The molecule has 0 amide bonds. The van der Waals surface area contributed by atoms with Crippen molar-refractivity contribution in [3.05, 3.63) is 23.8 Å². The molecule has 1 aromatic rings. The van der Waals surface area contributed by atoms with Gasteiger partial charge < -0.3 is 10.5 Å². The van der Waals surface area contributed by atoms with Gasteiger partial charge in [0.2, 0.25) is 0 Å². The van der Waals surface area contributed by atoms with Gasteiger partial charge in [-0.05, 0) is 38.0 Å². The minimum atomic E-state index is 0.808. The highest BCUT2D eigenvalue weighted by atomic mass is 32.2. The summed E-state index contributed by atoms with van der Waals surface area (Å²) in [6.45, 7) is 5.80. The molecule has 0 heterocycles. The highest BCUT2D eigenvalue weighted by Gasteiger charge is 1.99. The van der Waals surface area contributed by atoms with E-state index < -0.39 is 0 Å². The van der Waals surface area contributed by atoms with Crippen molar-refractivity contribution in [2.75, 3.05) is 24.7 Å². The molecule has 0 aliphatic heterocycles. The Morgan fingerprint density at radius 2 is 2.20 bits per heavy atom. The molecular formula is C12H19NOS. The Morgan fingerprint density at radius 1 is 1.40 bits per heavy atom. The predicted octanol–water partition coefficient (Wildman–Crippen LogP) is 3.10. The van der Waals surface area contributed by atoms with E-state index in [2.05, 4.69) is 13.0 Å². The van der Waals surface area contributed by atoms with Crippen LogP contribution in [-0.4, -0.2) is 19.0 Å². The van der Waals surface area contributed by atoms with Gasteiger partial charge in [-0.1, -0.05) is 6.07 Å². The summed E-state index contributed by atoms with van der Waals surface area (Å²) in [5.41, 5.74) is 7.88. The quantitative estimate of drug-likeness (QED) is 0.459. The van der Waals surface area contributed by atoms with Gasteiger partial charge in [-0.3, -0.25) is 0 Å². The lowest BCUT2D eigenvalue weighted by Gasteiger charge is -2.06.